The number of benzene rings is 3. The highest BCUT2D eigenvalue weighted by atomic mass is 16.5. The van der Waals surface area contributed by atoms with E-state index in [2.05, 4.69) is 10.6 Å². The number of nitrogens with one attached hydrogen (secondary N) is 2. The van der Waals surface area contributed by atoms with E-state index in [9.17, 15) is 19.5 Å². The van der Waals surface area contributed by atoms with E-state index >= 15 is 0 Å². The van der Waals surface area contributed by atoms with Gasteiger partial charge in [-0.2, -0.15) is 0 Å². The number of carbonyl (C=O) groups excluding carboxylic acids is 3. The minimum Gasteiger partial charge on any atom is -0.508 e. The van der Waals surface area contributed by atoms with Crippen LogP contribution >= 0.6 is 0 Å². The van der Waals surface area contributed by atoms with Crippen molar-refractivity contribution in [2.24, 2.45) is 0 Å². The molecule has 3 unspecified atom stereocenters. The van der Waals surface area contributed by atoms with Crippen molar-refractivity contribution in [3.8, 4) is 5.75 Å². The van der Waals surface area contributed by atoms with E-state index in [0.29, 0.717) is 30.0 Å². The topological polar surface area (TPSA) is 108 Å². The number of anilines is 1. The van der Waals surface area contributed by atoms with Gasteiger partial charge in [-0.15, -0.1) is 0 Å². The van der Waals surface area contributed by atoms with Crippen LogP contribution in [-0.2, 0) is 20.7 Å². The normalized spacial score (nSPS) is 20.1. The Hall–Kier alpha value is -4.17. The molecule has 3 N–H and O–H groups in total. The van der Waals surface area contributed by atoms with Gasteiger partial charge >= 0.3 is 0 Å². The van der Waals surface area contributed by atoms with Gasteiger partial charge in [0.2, 0.25) is 11.8 Å². The number of aromatic hydroxyl groups is 1. The maximum Gasteiger partial charge on any atom is 0.257 e. The second kappa shape index (κ2) is 10.8. The van der Waals surface area contributed by atoms with Gasteiger partial charge in [0.25, 0.3) is 5.91 Å². The summed E-state index contributed by atoms with van der Waals surface area (Å²) in [6.45, 7) is 0.995. The summed E-state index contributed by atoms with van der Waals surface area (Å²) in [5.74, 6) is -1.08. The van der Waals surface area contributed by atoms with E-state index in [-0.39, 0.29) is 30.1 Å². The number of rotatable bonds is 7. The molecular weight excluding hydrogens is 470 g/mol. The molecule has 0 radical (unpaired) electrons. The van der Waals surface area contributed by atoms with Crippen molar-refractivity contribution >= 4 is 23.4 Å². The molecule has 5 rings (SSSR count). The van der Waals surface area contributed by atoms with Gasteiger partial charge in [-0.05, 0) is 48.2 Å². The van der Waals surface area contributed by atoms with E-state index in [1.165, 1.54) is 17.0 Å². The van der Waals surface area contributed by atoms with Crippen LogP contribution in [0.25, 0.3) is 0 Å². The van der Waals surface area contributed by atoms with Crippen LogP contribution in [0.1, 0.15) is 40.4 Å². The highest BCUT2D eigenvalue weighted by Gasteiger charge is 2.43. The molecule has 2 aliphatic rings. The van der Waals surface area contributed by atoms with Crippen LogP contribution in [0, 0.1) is 0 Å². The fourth-order valence-corrected chi connectivity index (χ4v) is 4.94. The number of phenolic OH excluding ortho intramolecular Hbond substituents is 1. The molecule has 0 bridgehead atoms. The van der Waals surface area contributed by atoms with Gasteiger partial charge in [0, 0.05) is 19.6 Å². The van der Waals surface area contributed by atoms with Crippen molar-refractivity contribution in [2.75, 3.05) is 18.5 Å². The second-order valence-corrected chi connectivity index (χ2v) is 9.33. The van der Waals surface area contributed by atoms with Crippen LogP contribution < -0.4 is 10.6 Å². The molecule has 3 atom stereocenters. The number of nitrogens with zero attached hydrogens (tertiary/aromatic N) is 1. The Labute approximate surface area is 215 Å². The minimum absolute atomic E-state index is 0.0722. The number of para-hydroxylation sites is 1. The molecule has 0 aromatic heterocycles. The first-order chi connectivity index (χ1) is 18.0. The Bertz CT molecular complexity index is 1270. The first-order valence-corrected chi connectivity index (χ1v) is 12.5. The minimum atomic E-state index is -1.05. The van der Waals surface area contributed by atoms with E-state index in [1.807, 2.05) is 6.07 Å². The van der Waals surface area contributed by atoms with Gasteiger partial charge in [-0.3, -0.25) is 14.4 Å². The number of amides is 3. The third kappa shape index (κ3) is 5.34. The monoisotopic (exact) mass is 499 g/mol. The van der Waals surface area contributed by atoms with Crippen molar-refractivity contribution < 1.29 is 24.2 Å². The van der Waals surface area contributed by atoms with Gasteiger partial charge in [0.05, 0.1) is 17.4 Å². The fraction of sp³-hybridized carbons (Fsp3) is 0.276. The lowest BCUT2D eigenvalue weighted by atomic mass is 9.97. The molecule has 1 fully saturated rings. The first kappa shape index (κ1) is 24.5. The van der Waals surface area contributed by atoms with Crippen molar-refractivity contribution in [3.63, 3.8) is 0 Å². The van der Waals surface area contributed by atoms with E-state index in [4.69, 9.17) is 4.74 Å². The predicted molar refractivity (Wildman–Crippen MR) is 138 cm³/mol. The molecule has 8 heteroatoms. The summed E-state index contributed by atoms with van der Waals surface area (Å²) in [4.78, 5) is 42.9. The second-order valence-electron chi connectivity index (χ2n) is 9.33. The Balaban J connectivity index is 1.57. The Morgan fingerprint density at radius 3 is 2.49 bits per heavy atom. The summed E-state index contributed by atoms with van der Waals surface area (Å²) in [6.07, 6.45) is 1.89. The standard InChI is InChI=1S/C29H29N3O5/c33-21-14-12-19(13-15-21)17-25-27(34)31-24-11-5-4-10-23(24)29(36)32(25)26(20-7-2-1-3-8-20)28(35)30-18-22-9-6-16-37-22/h1-5,7-8,10-15,22,25-26,33H,6,9,16-18H2,(H,30,35)(H,31,34). The van der Waals surface area contributed by atoms with Gasteiger partial charge in [0.1, 0.15) is 17.8 Å². The van der Waals surface area contributed by atoms with Crippen LogP contribution in [0.2, 0.25) is 0 Å². The lowest BCUT2D eigenvalue weighted by Gasteiger charge is -2.35. The molecule has 2 heterocycles. The quantitative estimate of drug-likeness (QED) is 0.462. The smallest absolute Gasteiger partial charge is 0.257 e. The summed E-state index contributed by atoms with van der Waals surface area (Å²) >= 11 is 0. The molecule has 37 heavy (non-hydrogen) atoms. The predicted octanol–water partition coefficient (Wildman–Crippen LogP) is 3.43. The van der Waals surface area contributed by atoms with Crippen LogP contribution in [0.4, 0.5) is 5.69 Å². The number of hydrogen-bond acceptors (Lipinski definition) is 5. The first-order valence-electron chi connectivity index (χ1n) is 12.5. The lowest BCUT2D eigenvalue weighted by molar-refractivity contribution is -0.129. The number of ether oxygens (including phenoxy) is 1. The van der Waals surface area contributed by atoms with Gasteiger partial charge in [0.15, 0.2) is 0 Å². The van der Waals surface area contributed by atoms with E-state index in [1.54, 1.807) is 60.7 Å². The molecule has 3 aromatic rings. The molecular formula is C29H29N3O5. The summed E-state index contributed by atoms with van der Waals surface area (Å²) in [5, 5.41) is 15.6. The number of carbonyl (C=O) groups is 3. The fourth-order valence-electron chi connectivity index (χ4n) is 4.94. The highest BCUT2D eigenvalue weighted by Crippen LogP contribution is 2.32. The summed E-state index contributed by atoms with van der Waals surface area (Å²) in [7, 11) is 0. The molecule has 2 aliphatic heterocycles. The zero-order chi connectivity index (χ0) is 25.8. The van der Waals surface area contributed by atoms with Gasteiger partial charge in [-0.25, -0.2) is 0 Å². The third-order valence-corrected chi connectivity index (χ3v) is 6.82. The van der Waals surface area contributed by atoms with E-state index in [0.717, 1.165) is 18.4 Å². The summed E-state index contributed by atoms with van der Waals surface area (Å²) in [5.41, 5.74) is 2.07. The Kier molecular flexibility index (Phi) is 7.18. The van der Waals surface area contributed by atoms with Gasteiger partial charge in [-0.1, -0.05) is 54.6 Å². The Morgan fingerprint density at radius 2 is 1.76 bits per heavy atom. The maximum atomic E-state index is 14.1. The van der Waals surface area contributed by atoms with Gasteiger partial charge < -0.3 is 25.4 Å². The zero-order valence-corrected chi connectivity index (χ0v) is 20.3. The number of phenols is 1. The van der Waals surface area contributed by atoms with Crippen molar-refractivity contribution in [1.82, 2.24) is 10.2 Å². The number of fused-ring (bicyclic) bond motifs is 1. The van der Waals surface area contributed by atoms with Crippen LogP contribution in [0.15, 0.2) is 78.9 Å². The molecule has 0 aliphatic carbocycles. The third-order valence-electron chi connectivity index (χ3n) is 6.82. The maximum absolute atomic E-state index is 14.1. The van der Waals surface area contributed by atoms with Crippen LogP contribution in [-0.4, -0.2) is 53.0 Å². The molecule has 3 aromatic carbocycles. The highest BCUT2D eigenvalue weighted by molar-refractivity contribution is 6.11. The van der Waals surface area contributed by atoms with Crippen molar-refractivity contribution in [2.45, 2.75) is 37.5 Å². The SMILES string of the molecule is O=C1Nc2ccccc2C(=O)N(C(C(=O)NCC2CCCO2)c2ccccc2)C1Cc1ccc(O)cc1. The largest absolute Gasteiger partial charge is 0.508 e. The van der Waals surface area contributed by atoms with E-state index < -0.39 is 18.0 Å². The van der Waals surface area contributed by atoms with Crippen LogP contribution in [0.5, 0.6) is 5.75 Å². The molecule has 190 valence electrons. The van der Waals surface area contributed by atoms with Crippen molar-refractivity contribution in [3.05, 3.63) is 95.6 Å². The average molecular weight is 500 g/mol. The molecule has 0 saturated carbocycles. The molecule has 8 nitrogen and oxygen atoms in total. The average Bonchev–Trinajstić information content (AvgIpc) is 3.41. The zero-order valence-electron chi connectivity index (χ0n) is 20.3. The molecule has 0 spiro atoms. The summed E-state index contributed by atoms with van der Waals surface area (Å²) < 4.78 is 5.67. The van der Waals surface area contributed by atoms with Crippen molar-refractivity contribution in [1.29, 1.82) is 0 Å². The lowest BCUT2D eigenvalue weighted by Crippen LogP contribution is -2.53. The number of hydrogen-bond donors (Lipinski definition) is 3. The van der Waals surface area contributed by atoms with Crippen LogP contribution in [0.3, 0.4) is 0 Å². The Morgan fingerprint density at radius 1 is 1.03 bits per heavy atom. The molecule has 1 saturated heterocycles. The summed E-state index contributed by atoms with van der Waals surface area (Å²) in [6, 6.07) is 20.3. The molecule has 3 amide bonds.